The summed E-state index contributed by atoms with van der Waals surface area (Å²) >= 11 is 3.50. The summed E-state index contributed by atoms with van der Waals surface area (Å²) in [6, 6.07) is 9.60. The van der Waals surface area contributed by atoms with Gasteiger partial charge in [-0.1, -0.05) is 12.2 Å². The van der Waals surface area contributed by atoms with Crippen LogP contribution in [0, 0.1) is 33.8 Å². The molecule has 10 heteroatoms. The van der Waals surface area contributed by atoms with Crippen LogP contribution in [-0.2, 0) is 16.2 Å². The molecule has 1 saturated heterocycles. The van der Waals surface area contributed by atoms with Crippen molar-refractivity contribution in [2.45, 2.75) is 20.0 Å². The Morgan fingerprint density at radius 2 is 1.77 bits per heavy atom. The number of allylic oxidation sites excluding steroid dienone is 2. The Hall–Kier alpha value is -3.53. The van der Waals surface area contributed by atoms with Gasteiger partial charge in [-0.05, 0) is 76.5 Å². The number of ether oxygens (including phenoxy) is 2. The Bertz CT molecular complexity index is 1230. The summed E-state index contributed by atoms with van der Waals surface area (Å²) in [6.45, 7) is 2.42. The van der Waals surface area contributed by atoms with Crippen LogP contribution in [0.15, 0.2) is 58.1 Å². The minimum Gasteiger partial charge on any atom is -0.490 e. The summed E-state index contributed by atoms with van der Waals surface area (Å²) in [5, 5.41) is 16.1. The summed E-state index contributed by atoms with van der Waals surface area (Å²) in [4.78, 5) is 36.1. The molecule has 4 atom stereocenters. The van der Waals surface area contributed by atoms with Crippen molar-refractivity contribution < 1.29 is 24.0 Å². The number of nitro benzene ring substituents is 1. The lowest BCUT2D eigenvalue weighted by molar-refractivity contribution is -0.384. The van der Waals surface area contributed by atoms with Crippen molar-refractivity contribution in [2.24, 2.45) is 28.8 Å². The predicted octanol–water partition coefficient (Wildman–Crippen LogP) is 4.48. The van der Waals surface area contributed by atoms with Gasteiger partial charge in [-0.2, -0.15) is 10.1 Å². The van der Waals surface area contributed by atoms with Crippen LogP contribution < -0.4 is 9.47 Å². The van der Waals surface area contributed by atoms with E-state index in [1.807, 2.05) is 19.1 Å². The molecule has 1 saturated carbocycles. The quantitative estimate of drug-likeness (QED) is 0.161. The van der Waals surface area contributed by atoms with Crippen LogP contribution in [0.3, 0.4) is 0 Å². The monoisotopic (exact) mass is 539 g/mol. The molecule has 2 aromatic rings. The number of nitrogens with zero attached hydrogens (tertiary/aromatic N) is 3. The van der Waals surface area contributed by atoms with Crippen LogP contribution >= 0.6 is 15.9 Å². The fourth-order valence-corrected chi connectivity index (χ4v) is 5.63. The molecule has 0 radical (unpaired) electrons. The van der Waals surface area contributed by atoms with Crippen LogP contribution in [0.25, 0.3) is 0 Å². The second kappa shape index (κ2) is 9.26. The first kappa shape index (κ1) is 23.2. The van der Waals surface area contributed by atoms with Crippen molar-refractivity contribution in [3.8, 4) is 11.5 Å². The van der Waals surface area contributed by atoms with E-state index in [2.05, 4.69) is 21.0 Å². The molecule has 1 heterocycles. The summed E-state index contributed by atoms with van der Waals surface area (Å²) in [5.74, 6) is 0.128. The number of benzene rings is 2. The van der Waals surface area contributed by atoms with E-state index in [1.165, 1.54) is 18.3 Å². The number of hydrogen-bond donors (Lipinski definition) is 0. The zero-order valence-corrected chi connectivity index (χ0v) is 20.4. The molecule has 0 N–H and O–H groups in total. The van der Waals surface area contributed by atoms with Gasteiger partial charge in [-0.25, -0.2) is 0 Å². The van der Waals surface area contributed by atoms with Crippen LogP contribution in [0.2, 0.25) is 0 Å². The van der Waals surface area contributed by atoms with Gasteiger partial charge in [0.05, 0.1) is 34.1 Å². The lowest BCUT2D eigenvalue weighted by Gasteiger charge is -2.15. The first-order valence-corrected chi connectivity index (χ1v) is 12.1. The summed E-state index contributed by atoms with van der Waals surface area (Å²) < 4.78 is 12.3. The molecule has 2 bridgehead atoms. The number of halogens is 1. The minimum atomic E-state index is -0.453. The van der Waals surface area contributed by atoms with Crippen molar-refractivity contribution in [2.75, 3.05) is 6.61 Å². The molecule has 2 fully saturated rings. The van der Waals surface area contributed by atoms with E-state index in [0.29, 0.717) is 28.1 Å². The number of fused-ring (bicyclic) bond motifs is 5. The van der Waals surface area contributed by atoms with Crippen LogP contribution in [0.5, 0.6) is 11.5 Å². The number of hydrogen-bond acceptors (Lipinski definition) is 7. The second-order valence-electron chi connectivity index (χ2n) is 8.71. The van der Waals surface area contributed by atoms with Gasteiger partial charge in [0.1, 0.15) is 6.61 Å². The molecule has 2 aromatic carbocycles. The van der Waals surface area contributed by atoms with Gasteiger partial charge in [0, 0.05) is 12.1 Å². The van der Waals surface area contributed by atoms with E-state index >= 15 is 0 Å². The SMILES string of the molecule is CCOc1cc(/C=N\N2C(=O)[C@@H]3[C@@H](C2=O)[C@H]2C=C[C@H]3C2)cc(Br)c1OCc1ccc([N+](=O)[O-])cc1. The molecule has 180 valence electrons. The third-order valence-electron chi connectivity index (χ3n) is 6.63. The highest BCUT2D eigenvalue weighted by Crippen LogP contribution is 2.52. The van der Waals surface area contributed by atoms with Crippen LogP contribution in [0.1, 0.15) is 24.5 Å². The summed E-state index contributed by atoms with van der Waals surface area (Å²) in [6.07, 6.45) is 6.44. The fourth-order valence-electron chi connectivity index (χ4n) is 5.06. The fraction of sp³-hybridized carbons (Fsp3) is 0.320. The lowest BCUT2D eigenvalue weighted by Crippen LogP contribution is -2.28. The second-order valence-corrected chi connectivity index (χ2v) is 9.56. The molecule has 3 aliphatic rings. The molecule has 2 aliphatic carbocycles. The third kappa shape index (κ3) is 4.22. The van der Waals surface area contributed by atoms with Gasteiger partial charge in [0.2, 0.25) is 0 Å². The molecule has 0 spiro atoms. The van der Waals surface area contributed by atoms with Crippen LogP contribution in [0.4, 0.5) is 5.69 Å². The number of rotatable bonds is 8. The molecular weight excluding hydrogens is 518 g/mol. The van der Waals surface area contributed by atoms with Gasteiger partial charge in [-0.15, -0.1) is 0 Å². The van der Waals surface area contributed by atoms with Gasteiger partial charge < -0.3 is 9.47 Å². The van der Waals surface area contributed by atoms with Crippen molar-refractivity contribution in [3.63, 3.8) is 0 Å². The smallest absolute Gasteiger partial charge is 0.269 e. The molecule has 35 heavy (non-hydrogen) atoms. The average molecular weight is 540 g/mol. The Morgan fingerprint density at radius 3 is 2.37 bits per heavy atom. The van der Waals surface area contributed by atoms with Crippen molar-refractivity contribution in [3.05, 3.63) is 74.3 Å². The predicted molar refractivity (Wildman–Crippen MR) is 130 cm³/mol. The van der Waals surface area contributed by atoms with E-state index in [0.717, 1.165) is 17.0 Å². The first-order valence-electron chi connectivity index (χ1n) is 11.3. The van der Waals surface area contributed by atoms with Crippen molar-refractivity contribution >= 4 is 39.6 Å². The summed E-state index contributed by atoms with van der Waals surface area (Å²) in [5.41, 5.74) is 1.40. The van der Waals surface area contributed by atoms with E-state index in [9.17, 15) is 19.7 Å². The van der Waals surface area contributed by atoms with E-state index in [4.69, 9.17) is 9.47 Å². The van der Waals surface area contributed by atoms with Gasteiger partial charge in [0.15, 0.2) is 11.5 Å². The van der Waals surface area contributed by atoms with Gasteiger partial charge in [0.25, 0.3) is 17.5 Å². The zero-order valence-electron chi connectivity index (χ0n) is 18.8. The molecule has 0 aromatic heterocycles. The first-order chi connectivity index (χ1) is 16.9. The minimum absolute atomic E-state index is 0.0103. The number of hydrazone groups is 1. The maximum absolute atomic E-state index is 12.8. The van der Waals surface area contributed by atoms with Crippen molar-refractivity contribution in [1.82, 2.24) is 5.01 Å². The lowest BCUT2D eigenvalue weighted by atomic mass is 9.85. The molecular formula is C25H22BrN3O6. The Balaban J connectivity index is 1.32. The van der Waals surface area contributed by atoms with Crippen LogP contribution in [-0.4, -0.2) is 34.6 Å². The molecule has 1 aliphatic heterocycles. The van der Waals surface area contributed by atoms with Crippen molar-refractivity contribution in [1.29, 1.82) is 0 Å². The Kier molecular flexibility index (Phi) is 6.14. The average Bonchev–Trinajstić information content (AvgIpc) is 3.52. The number of carbonyl (C=O) groups excluding carboxylic acids is 2. The molecule has 2 amide bonds. The highest BCUT2D eigenvalue weighted by molar-refractivity contribution is 9.10. The van der Waals surface area contributed by atoms with Gasteiger partial charge >= 0.3 is 0 Å². The van der Waals surface area contributed by atoms with E-state index in [1.54, 1.807) is 24.3 Å². The van der Waals surface area contributed by atoms with E-state index < -0.39 is 4.92 Å². The number of imide groups is 1. The maximum atomic E-state index is 12.8. The molecule has 5 rings (SSSR count). The highest BCUT2D eigenvalue weighted by Gasteiger charge is 2.59. The Morgan fingerprint density at radius 1 is 1.11 bits per heavy atom. The maximum Gasteiger partial charge on any atom is 0.269 e. The number of carbonyl (C=O) groups is 2. The standard InChI is InChI=1S/C25H22BrN3O6/c1-2-34-20-10-15(9-19(26)23(20)35-13-14-3-7-18(8-4-14)29(32)33)12-27-28-24(30)21-16-5-6-17(11-16)22(21)25(28)31/h3-10,12,16-17,21-22H,2,11,13H2,1H3/b27-12-/t16-,17-,21-,22-/m0/s1. The van der Waals surface area contributed by atoms with E-state index in [-0.39, 0.29) is 47.8 Å². The third-order valence-corrected chi connectivity index (χ3v) is 7.22. The number of amides is 2. The highest BCUT2D eigenvalue weighted by atomic mass is 79.9. The van der Waals surface area contributed by atoms with Gasteiger partial charge in [-0.3, -0.25) is 19.7 Å². The zero-order chi connectivity index (χ0) is 24.7. The Labute approximate surface area is 209 Å². The number of nitro groups is 1. The molecule has 9 nitrogen and oxygen atoms in total. The largest absolute Gasteiger partial charge is 0.490 e. The molecule has 0 unspecified atom stereocenters. The number of non-ortho nitro benzene ring substituents is 1. The normalized spacial score (nSPS) is 24.5. The summed E-state index contributed by atoms with van der Waals surface area (Å²) in [7, 11) is 0. The topological polar surface area (TPSA) is 111 Å².